The first-order chi connectivity index (χ1) is 7.86. The Bertz CT molecular complexity index is 488. The number of sulfonamides is 1. The van der Waals surface area contributed by atoms with Crippen molar-refractivity contribution < 1.29 is 12.8 Å². The minimum Gasteiger partial charge on any atom is -0.396 e. The molecule has 1 aromatic rings. The molecule has 96 valence electrons. The number of nitrogens with one attached hydrogen (secondary N) is 1. The van der Waals surface area contributed by atoms with Crippen LogP contribution in [0, 0.1) is 11.7 Å². The highest BCUT2D eigenvalue weighted by atomic mass is 32.2. The van der Waals surface area contributed by atoms with Crippen molar-refractivity contribution >= 4 is 15.7 Å². The number of benzene rings is 1. The third-order valence-corrected chi connectivity index (χ3v) is 4.02. The van der Waals surface area contributed by atoms with Crippen LogP contribution in [0.4, 0.5) is 10.1 Å². The van der Waals surface area contributed by atoms with Crippen LogP contribution >= 0.6 is 0 Å². The molecule has 4 nitrogen and oxygen atoms in total. The predicted octanol–water partition coefficient (Wildman–Crippen LogP) is 1.73. The largest absolute Gasteiger partial charge is 0.396 e. The van der Waals surface area contributed by atoms with Gasteiger partial charge in [0.05, 0.1) is 10.6 Å². The van der Waals surface area contributed by atoms with Gasteiger partial charge in [0.15, 0.2) is 0 Å². The molecule has 1 aromatic carbocycles. The highest BCUT2D eigenvalue weighted by Gasteiger charge is 2.15. The molecule has 0 aromatic heterocycles. The van der Waals surface area contributed by atoms with E-state index >= 15 is 0 Å². The minimum absolute atomic E-state index is 0.0142. The fourth-order valence-electron chi connectivity index (χ4n) is 1.17. The van der Waals surface area contributed by atoms with Gasteiger partial charge in [-0.1, -0.05) is 20.3 Å². The maximum atomic E-state index is 12.9. The van der Waals surface area contributed by atoms with Gasteiger partial charge < -0.3 is 5.73 Å². The highest BCUT2D eigenvalue weighted by Crippen LogP contribution is 2.16. The molecule has 3 N–H and O–H groups in total. The molecule has 1 unspecified atom stereocenters. The summed E-state index contributed by atoms with van der Waals surface area (Å²) in [5, 5.41) is 0. The summed E-state index contributed by atoms with van der Waals surface area (Å²) in [5.74, 6) is -0.367. The predicted molar refractivity (Wildman–Crippen MR) is 65.5 cm³/mol. The summed E-state index contributed by atoms with van der Waals surface area (Å²) in [6.45, 7) is 4.28. The first-order valence-electron chi connectivity index (χ1n) is 5.41. The van der Waals surface area contributed by atoms with Crippen LogP contribution < -0.4 is 10.5 Å². The van der Waals surface area contributed by atoms with Crippen LogP contribution in [0.2, 0.25) is 0 Å². The fourth-order valence-corrected chi connectivity index (χ4v) is 2.37. The smallest absolute Gasteiger partial charge is 0.240 e. The van der Waals surface area contributed by atoms with Crippen LogP contribution in [0.3, 0.4) is 0 Å². The molecule has 17 heavy (non-hydrogen) atoms. The van der Waals surface area contributed by atoms with E-state index in [1.165, 1.54) is 6.07 Å². The maximum Gasteiger partial charge on any atom is 0.240 e. The van der Waals surface area contributed by atoms with Crippen molar-refractivity contribution in [2.45, 2.75) is 25.2 Å². The molecule has 0 spiro atoms. The monoisotopic (exact) mass is 260 g/mol. The van der Waals surface area contributed by atoms with Crippen LogP contribution in [0.15, 0.2) is 23.1 Å². The Morgan fingerprint density at radius 1 is 1.47 bits per heavy atom. The van der Waals surface area contributed by atoms with Crippen molar-refractivity contribution in [3.63, 3.8) is 0 Å². The Morgan fingerprint density at radius 2 is 2.12 bits per heavy atom. The van der Waals surface area contributed by atoms with Gasteiger partial charge in [0.1, 0.15) is 5.82 Å². The average molecular weight is 260 g/mol. The first-order valence-corrected chi connectivity index (χ1v) is 6.89. The van der Waals surface area contributed by atoms with Crippen molar-refractivity contribution in [1.82, 2.24) is 4.72 Å². The lowest BCUT2D eigenvalue weighted by Gasteiger charge is -2.11. The van der Waals surface area contributed by atoms with Crippen LogP contribution in [-0.4, -0.2) is 15.0 Å². The number of rotatable bonds is 5. The molecule has 0 amide bonds. The van der Waals surface area contributed by atoms with E-state index in [1.54, 1.807) is 0 Å². The van der Waals surface area contributed by atoms with Gasteiger partial charge in [-0.05, 0) is 24.1 Å². The summed E-state index contributed by atoms with van der Waals surface area (Å²) >= 11 is 0. The van der Waals surface area contributed by atoms with Crippen molar-refractivity contribution in [3.8, 4) is 0 Å². The van der Waals surface area contributed by atoms with E-state index in [1.807, 2.05) is 13.8 Å². The third kappa shape index (κ3) is 3.67. The molecule has 0 aliphatic heterocycles. The van der Waals surface area contributed by atoms with Gasteiger partial charge in [0.25, 0.3) is 0 Å². The van der Waals surface area contributed by atoms with E-state index in [0.717, 1.165) is 18.6 Å². The molecule has 0 saturated heterocycles. The van der Waals surface area contributed by atoms with Gasteiger partial charge in [-0.15, -0.1) is 0 Å². The van der Waals surface area contributed by atoms with Gasteiger partial charge in [0, 0.05) is 6.54 Å². The zero-order chi connectivity index (χ0) is 13.1. The number of hydrogen-bond donors (Lipinski definition) is 2. The van der Waals surface area contributed by atoms with Gasteiger partial charge in [-0.2, -0.15) is 0 Å². The molecule has 6 heteroatoms. The number of hydrogen-bond acceptors (Lipinski definition) is 3. The van der Waals surface area contributed by atoms with Crippen molar-refractivity contribution in [2.24, 2.45) is 5.92 Å². The quantitative estimate of drug-likeness (QED) is 0.792. The van der Waals surface area contributed by atoms with E-state index in [0.29, 0.717) is 6.54 Å². The summed E-state index contributed by atoms with van der Waals surface area (Å²) in [7, 11) is -3.60. The zero-order valence-corrected chi connectivity index (χ0v) is 10.7. The van der Waals surface area contributed by atoms with E-state index in [-0.39, 0.29) is 16.5 Å². The Morgan fingerprint density at radius 3 is 2.65 bits per heavy atom. The molecule has 1 rings (SSSR count). The average Bonchev–Trinajstić information content (AvgIpc) is 2.29. The summed E-state index contributed by atoms with van der Waals surface area (Å²) in [5.41, 5.74) is 5.16. The molecular weight excluding hydrogens is 243 g/mol. The summed E-state index contributed by atoms with van der Waals surface area (Å²) < 4.78 is 39.0. The molecule has 1 atom stereocenters. The SMILES string of the molecule is CCC(C)CNS(=O)(=O)c1ccc(F)c(N)c1. The lowest BCUT2D eigenvalue weighted by Crippen LogP contribution is -2.28. The molecule has 0 bridgehead atoms. The van der Waals surface area contributed by atoms with Crippen molar-refractivity contribution in [2.75, 3.05) is 12.3 Å². The fraction of sp³-hybridized carbons (Fsp3) is 0.455. The second-order valence-electron chi connectivity index (χ2n) is 4.05. The van der Waals surface area contributed by atoms with Gasteiger partial charge in [-0.25, -0.2) is 17.5 Å². The number of anilines is 1. The normalized spacial score (nSPS) is 13.6. The Hall–Kier alpha value is -1.14. The van der Waals surface area contributed by atoms with Crippen molar-refractivity contribution in [1.29, 1.82) is 0 Å². The standard InChI is InChI=1S/C11H17FN2O2S/c1-3-8(2)7-14-17(15,16)9-4-5-10(12)11(13)6-9/h4-6,8,14H,3,7,13H2,1-2H3. The number of halogens is 1. The number of nitrogen functional groups attached to an aromatic ring is 1. The highest BCUT2D eigenvalue weighted by molar-refractivity contribution is 7.89. The minimum atomic E-state index is -3.60. The lowest BCUT2D eigenvalue weighted by molar-refractivity contribution is 0.528. The summed E-state index contributed by atoms with van der Waals surface area (Å²) in [4.78, 5) is -0.0142. The molecule has 0 aliphatic carbocycles. The van der Waals surface area contributed by atoms with Crippen LogP contribution in [0.1, 0.15) is 20.3 Å². The van der Waals surface area contributed by atoms with Gasteiger partial charge in [-0.3, -0.25) is 0 Å². The molecule has 0 aliphatic rings. The van der Waals surface area contributed by atoms with Crippen LogP contribution in [0.25, 0.3) is 0 Å². The van der Waals surface area contributed by atoms with E-state index in [9.17, 15) is 12.8 Å². The molecule has 0 heterocycles. The van der Waals surface area contributed by atoms with Gasteiger partial charge >= 0.3 is 0 Å². The lowest BCUT2D eigenvalue weighted by atomic mass is 10.1. The molecule has 0 fully saturated rings. The van der Waals surface area contributed by atoms with E-state index in [2.05, 4.69) is 4.72 Å². The second-order valence-corrected chi connectivity index (χ2v) is 5.82. The third-order valence-electron chi connectivity index (χ3n) is 2.60. The summed E-state index contributed by atoms with van der Waals surface area (Å²) in [6, 6.07) is 3.37. The molecule has 0 radical (unpaired) electrons. The Labute approximate surface area is 101 Å². The molecular formula is C11H17FN2O2S. The van der Waals surface area contributed by atoms with Crippen LogP contribution in [-0.2, 0) is 10.0 Å². The van der Waals surface area contributed by atoms with Gasteiger partial charge in [0.2, 0.25) is 10.0 Å². The van der Waals surface area contributed by atoms with Crippen LogP contribution in [0.5, 0.6) is 0 Å². The summed E-state index contributed by atoms with van der Waals surface area (Å²) in [6.07, 6.45) is 0.883. The maximum absolute atomic E-state index is 12.9. The van der Waals surface area contributed by atoms with E-state index < -0.39 is 15.8 Å². The van der Waals surface area contributed by atoms with Crippen molar-refractivity contribution in [3.05, 3.63) is 24.0 Å². The number of nitrogens with two attached hydrogens (primary N) is 1. The topological polar surface area (TPSA) is 72.2 Å². The van der Waals surface area contributed by atoms with E-state index in [4.69, 9.17) is 5.73 Å². The molecule has 0 saturated carbocycles. The first kappa shape index (κ1) is 13.9. The Balaban J connectivity index is 2.86. The zero-order valence-electron chi connectivity index (χ0n) is 9.90. The Kier molecular flexibility index (Phi) is 4.47. The second kappa shape index (κ2) is 5.46.